The fourth-order valence-electron chi connectivity index (χ4n) is 3.13. The van der Waals surface area contributed by atoms with Crippen LogP contribution in [0, 0.1) is 13.8 Å². The molecule has 0 unspecified atom stereocenters. The first kappa shape index (κ1) is 20.0. The van der Waals surface area contributed by atoms with Gasteiger partial charge >= 0.3 is 0 Å². The number of rotatable bonds is 6. The first-order valence-electron chi connectivity index (χ1n) is 8.87. The number of hydrogen-bond donors (Lipinski definition) is 1. The molecule has 0 aliphatic rings. The summed E-state index contributed by atoms with van der Waals surface area (Å²) < 4.78 is 31.4. The average Bonchev–Trinajstić information content (AvgIpc) is 3.00. The normalized spacial score (nSPS) is 13.0. The minimum atomic E-state index is -3.87. The molecule has 0 saturated carbocycles. The van der Waals surface area contributed by atoms with Crippen LogP contribution in [-0.2, 0) is 14.8 Å². The van der Waals surface area contributed by atoms with Crippen molar-refractivity contribution in [2.24, 2.45) is 0 Å². The van der Waals surface area contributed by atoms with Gasteiger partial charge < -0.3 is 9.84 Å². The van der Waals surface area contributed by atoms with E-state index in [1.807, 2.05) is 49.4 Å². The monoisotopic (exact) mass is 401 g/mol. The molecule has 1 heterocycles. The lowest BCUT2D eigenvalue weighted by Gasteiger charge is -2.19. The van der Waals surface area contributed by atoms with E-state index in [0.717, 1.165) is 20.6 Å². The third-order valence-electron chi connectivity index (χ3n) is 4.65. The molecule has 0 aliphatic carbocycles. The number of fused-ring (bicyclic) bond motifs is 1. The number of nitrogens with one attached hydrogen (secondary N) is 1. The highest BCUT2D eigenvalue weighted by Gasteiger charge is 2.30. The lowest BCUT2D eigenvalue weighted by atomic mass is 10.0. The third kappa shape index (κ3) is 3.93. The summed E-state index contributed by atoms with van der Waals surface area (Å²) in [4.78, 5) is 12.4. The maximum absolute atomic E-state index is 12.7. The van der Waals surface area contributed by atoms with E-state index in [1.165, 1.54) is 14.0 Å². The van der Waals surface area contributed by atoms with Gasteiger partial charge in [-0.2, -0.15) is 4.31 Å². The molecule has 28 heavy (non-hydrogen) atoms. The molecule has 3 rings (SSSR count). The Kier molecular flexibility index (Phi) is 5.53. The van der Waals surface area contributed by atoms with E-state index in [4.69, 9.17) is 4.52 Å². The Morgan fingerprint density at radius 3 is 2.50 bits per heavy atom. The molecule has 0 aliphatic heterocycles. The quantitative estimate of drug-likeness (QED) is 0.686. The van der Waals surface area contributed by atoms with E-state index < -0.39 is 15.9 Å². The van der Waals surface area contributed by atoms with Crippen molar-refractivity contribution < 1.29 is 17.7 Å². The van der Waals surface area contributed by atoms with Gasteiger partial charge in [-0.05, 0) is 43.2 Å². The Bertz CT molecular complexity index is 1100. The number of amides is 1. The Morgan fingerprint density at radius 1 is 1.18 bits per heavy atom. The van der Waals surface area contributed by atoms with Gasteiger partial charge in [0, 0.05) is 7.05 Å². The topological polar surface area (TPSA) is 92.5 Å². The fraction of sp³-hybridized carbons (Fsp3) is 0.300. The standard InChI is InChI=1S/C20H23N3O4S/c1-13(17-10-9-16-7-5-6-8-18(16)11-17)21-19(24)12-23(4)28(25,26)20-14(2)22-27-15(20)3/h5-11,13H,12H2,1-4H3,(H,21,24)/t13-/m0/s1. The maximum atomic E-state index is 12.7. The minimum Gasteiger partial charge on any atom is -0.360 e. The van der Waals surface area contributed by atoms with Crippen LogP contribution in [0.2, 0.25) is 0 Å². The predicted octanol–water partition coefficient (Wildman–Crippen LogP) is 2.94. The van der Waals surface area contributed by atoms with Gasteiger partial charge in [0.1, 0.15) is 10.6 Å². The summed E-state index contributed by atoms with van der Waals surface area (Å²) in [5.41, 5.74) is 1.22. The molecule has 0 saturated heterocycles. The number of sulfonamides is 1. The van der Waals surface area contributed by atoms with E-state index in [9.17, 15) is 13.2 Å². The van der Waals surface area contributed by atoms with E-state index in [0.29, 0.717) is 0 Å². The number of likely N-dealkylation sites (N-methyl/N-ethyl adjacent to an activating group) is 1. The zero-order chi connectivity index (χ0) is 20.5. The molecule has 8 heteroatoms. The van der Waals surface area contributed by atoms with Crippen molar-refractivity contribution in [1.82, 2.24) is 14.8 Å². The van der Waals surface area contributed by atoms with Crippen molar-refractivity contribution in [3.8, 4) is 0 Å². The molecule has 1 amide bonds. The molecule has 2 aromatic carbocycles. The van der Waals surface area contributed by atoms with E-state index in [2.05, 4.69) is 10.5 Å². The van der Waals surface area contributed by atoms with Crippen molar-refractivity contribution in [1.29, 1.82) is 0 Å². The zero-order valence-corrected chi connectivity index (χ0v) is 17.1. The molecular formula is C20H23N3O4S. The van der Waals surface area contributed by atoms with Crippen LogP contribution in [-0.4, -0.2) is 37.4 Å². The van der Waals surface area contributed by atoms with Crippen molar-refractivity contribution in [3.05, 3.63) is 59.5 Å². The van der Waals surface area contributed by atoms with Crippen molar-refractivity contribution in [2.45, 2.75) is 31.7 Å². The summed E-state index contributed by atoms with van der Waals surface area (Å²) in [6, 6.07) is 13.7. The molecule has 3 aromatic rings. The number of benzene rings is 2. The fourth-order valence-corrected chi connectivity index (χ4v) is 4.54. The number of aryl methyl sites for hydroxylation is 2. The second-order valence-corrected chi connectivity index (χ2v) is 8.79. The van der Waals surface area contributed by atoms with Crippen LogP contribution in [0.5, 0.6) is 0 Å². The summed E-state index contributed by atoms with van der Waals surface area (Å²) in [5, 5.41) is 8.73. The Balaban J connectivity index is 1.70. The van der Waals surface area contributed by atoms with Gasteiger partial charge in [0.25, 0.3) is 0 Å². The van der Waals surface area contributed by atoms with E-state index >= 15 is 0 Å². The Labute approximate surface area is 164 Å². The molecule has 1 atom stereocenters. The Hall–Kier alpha value is -2.71. The summed E-state index contributed by atoms with van der Waals surface area (Å²) in [7, 11) is -2.50. The van der Waals surface area contributed by atoms with Gasteiger partial charge in [0.2, 0.25) is 15.9 Å². The first-order chi connectivity index (χ1) is 13.2. The van der Waals surface area contributed by atoms with Crippen LogP contribution in [0.4, 0.5) is 0 Å². The first-order valence-corrected chi connectivity index (χ1v) is 10.3. The van der Waals surface area contributed by atoms with Crippen molar-refractivity contribution in [2.75, 3.05) is 13.6 Å². The molecular weight excluding hydrogens is 378 g/mol. The van der Waals surface area contributed by atoms with Crippen LogP contribution < -0.4 is 5.32 Å². The molecule has 0 fully saturated rings. The largest absolute Gasteiger partial charge is 0.360 e. The molecule has 1 aromatic heterocycles. The van der Waals surface area contributed by atoms with Crippen LogP contribution in [0.1, 0.15) is 30.0 Å². The molecule has 1 N–H and O–H groups in total. The zero-order valence-electron chi connectivity index (χ0n) is 16.3. The van der Waals surface area contributed by atoms with Crippen LogP contribution >= 0.6 is 0 Å². The molecule has 0 radical (unpaired) electrons. The molecule has 148 valence electrons. The lowest BCUT2D eigenvalue weighted by molar-refractivity contribution is -0.121. The second kappa shape index (κ2) is 7.73. The summed E-state index contributed by atoms with van der Waals surface area (Å²) in [6.07, 6.45) is 0. The van der Waals surface area contributed by atoms with Gasteiger partial charge in [0.15, 0.2) is 5.76 Å². The van der Waals surface area contributed by atoms with Crippen molar-refractivity contribution >= 4 is 26.7 Å². The number of aromatic nitrogens is 1. The summed E-state index contributed by atoms with van der Waals surface area (Å²) in [5.74, 6) is -0.187. The minimum absolute atomic E-state index is 0.00498. The van der Waals surface area contributed by atoms with Crippen molar-refractivity contribution in [3.63, 3.8) is 0 Å². The molecule has 0 spiro atoms. The highest BCUT2D eigenvalue weighted by Crippen LogP contribution is 2.23. The van der Waals surface area contributed by atoms with E-state index in [-0.39, 0.29) is 28.9 Å². The number of nitrogens with zero attached hydrogens (tertiary/aromatic N) is 2. The van der Waals surface area contributed by atoms with Gasteiger partial charge in [-0.25, -0.2) is 8.42 Å². The molecule has 7 nitrogen and oxygen atoms in total. The molecule has 0 bridgehead atoms. The van der Waals surface area contributed by atoms with E-state index in [1.54, 1.807) is 6.92 Å². The van der Waals surface area contributed by atoms with Gasteiger partial charge in [-0.15, -0.1) is 0 Å². The highest BCUT2D eigenvalue weighted by atomic mass is 32.2. The second-order valence-electron chi connectivity index (χ2n) is 6.81. The van der Waals surface area contributed by atoms with Gasteiger partial charge in [-0.1, -0.05) is 41.6 Å². The lowest BCUT2D eigenvalue weighted by Crippen LogP contribution is -2.39. The number of hydrogen-bond acceptors (Lipinski definition) is 5. The number of carbonyl (C=O) groups excluding carboxylic acids is 1. The third-order valence-corrected chi connectivity index (χ3v) is 6.70. The van der Waals surface area contributed by atoms with Gasteiger partial charge in [-0.3, -0.25) is 4.79 Å². The van der Waals surface area contributed by atoms with Crippen LogP contribution in [0.3, 0.4) is 0 Å². The number of carbonyl (C=O) groups is 1. The van der Waals surface area contributed by atoms with Crippen LogP contribution in [0.15, 0.2) is 51.9 Å². The Morgan fingerprint density at radius 2 is 1.86 bits per heavy atom. The summed E-state index contributed by atoms with van der Waals surface area (Å²) in [6.45, 7) is 4.65. The maximum Gasteiger partial charge on any atom is 0.248 e. The van der Waals surface area contributed by atoms with Gasteiger partial charge in [0.05, 0.1) is 12.6 Å². The highest BCUT2D eigenvalue weighted by molar-refractivity contribution is 7.89. The SMILES string of the molecule is Cc1noc(C)c1S(=O)(=O)N(C)CC(=O)N[C@@H](C)c1ccc2ccccc2c1. The average molecular weight is 401 g/mol. The summed E-state index contributed by atoms with van der Waals surface area (Å²) >= 11 is 0. The van der Waals surface area contributed by atoms with Crippen LogP contribution in [0.25, 0.3) is 10.8 Å². The smallest absolute Gasteiger partial charge is 0.248 e. The predicted molar refractivity (Wildman–Crippen MR) is 106 cm³/mol.